The molecular formula is C19H20N4O2. The molecule has 3 aromatic rings. The predicted octanol–water partition coefficient (Wildman–Crippen LogP) is 2.28. The average Bonchev–Trinajstić information content (AvgIpc) is 3.31. The van der Waals surface area contributed by atoms with Crippen LogP contribution in [0.5, 0.6) is 0 Å². The molecule has 0 aromatic carbocycles. The molecule has 1 aliphatic rings. The number of pyridine rings is 1. The molecule has 4 heterocycles. The smallest absolute Gasteiger partial charge is 0.246 e. The van der Waals surface area contributed by atoms with Crippen molar-refractivity contribution in [3.63, 3.8) is 0 Å². The van der Waals surface area contributed by atoms with Crippen molar-refractivity contribution in [1.29, 1.82) is 0 Å². The molecule has 0 N–H and O–H groups in total. The number of furan rings is 1. The van der Waals surface area contributed by atoms with E-state index in [1.165, 1.54) is 5.69 Å². The second-order valence-corrected chi connectivity index (χ2v) is 6.13. The molecule has 128 valence electrons. The Labute approximate surface area is 146 Å². The fourth-order valence-electron chi connectivity index (χ4n) is 3.10. The van der Waals surface area contributed by atoms with Gasteiger partial charge < -0.3 is 13.7 Å². The number of hydrogen-bond donors (Lipinski definition) is 0. The van der Waals surface area contributed by atoms with Gasteiger partial charge >= 0.3 is 0 Å². The summed E-state index contributed by atoms with van der Waals surface area (Å²) in [6.45, 7) is 4.03. The van der Waals surface area contributed by atoms with E-state index in [9.17, 15) is 4.79 Å². The number of nitrogens with zero attached hydrogens (tertiary/aromatic N) is 4. The Bertz CT molecular complexity index is 874. The number of rotatable bonds is 4. The molecule has 4 rings (SSSR count). The molecule has 1 saturated heterocycles. The van der Waals surface area contributed by atoms with Crippen LogP contribution in [-0.2, 0) is 11.3 Å². The Morgan fingerprint density at radius 1 is 1.16 bits per heavy atom. The lowest BCUT2D eigenvalue weighted by Gasteiger charge is -2.34. The van der Waals surface area contributed by atoms with Gasteiger partial charge in [0.15, 0.2) is 0 Å². The van der Waals surface area contributed by atoms with Gasteiger partial charge in [0.05, 0.1) is 18.2 Å². The maximum absolute atomic E-state index is 12.3. The van der Waals surface area contributed by atoms with Gasteiger partial charge in [-0.2, -0.15) is 0 Å². The van der Waals surface area contributed by atoms with Gasteiger partial charge in [0.2, 0.25) is 5.91 Å². The largest absolute Gasteiger partial charge is 0.465 e. The van der Waals surface area contributed by atoms with E-state index < -0.39 is 0 Å². The van der Waals surface area contributed by atoms with Gasteiger partial charge in [0.25, 0.3) is 0 Å². The fourth-order valence-corrected chi connectivity index (χ4v) is 3.10. The molecule has 0 atom stereocenters. The highest BCUT2D eigenvalue weighted by atomic mass is 16.3. The lowest BCUT2D eigenvalue weighted by molar-refractivity contribution is -0.127. The number of hydrogen-bond acceptors (Lipinski definition) is 4. The number of aromatic nitrogens is 2. The van der Waals surface area contributed by atoms with Crippen molar-refractivity contribution in [3.8, 4) is 0 Å². The summed E-state index contributed by atoms with van der Waals surface area (Å²) >= 11 is 0. The highest BCUT2D eigenvalue weighted by Gasteiger charge is 2.20. The molecular weight excluding hydrogens is 316 g/mol. The number of carbonyl (C=O) groups excluding carboxylic acids is 1. The fraction of sp³-hybridized carbons (Fsp3) is 0.263. The zero-order chi connectivity index (χ0) is 17.1. The predicted molar refractivity (Wildman–Crippen MR) is 94.8 cm³/mol. The SMILES string of the molecule is O=C(/C=C/c1ccco1)N1CCN(Cc2cnc3ccccn23)CC1. The summed E-state index contributed by atoms with van der Waals surface area (Å²) in [7, 11) is 0. The van der Waals surface area contributed by atoms with Crippen molar-refractivity contribution in [2.75, 3.05) is 26.2 Å². The van der Waals surface area contributed by atoms with Crippen molar-refractivity contribution in [3.05, 3.63) is 66.5 Å². The quantitative estimate of drug-likeness (QED) is 0.686. The maximum Gasteiger partial charge on any atom is 0.246 e. The maximum atomic E-state index is 12.3. The molecule has 0 spiro atoms. The number of amides is 1. The number of fused-ring (bicyclic) bond motifs is 1. The van der Waals surface area contributed by atoms with Crippen LogP contribution < -0.4 is 0 Å². The Morgan fingerprint density at radius 3 is 2.84 bits per heavy atom. The van der Waals surface area contributed by atoms with Crippen LogP contribution in [-0.4, -0.2) is 51.3 Å². The molecule has 25 heavy (non-hydrogen) atoms. The molecule has 3 aromatic heterocycles. The van der Waals surface area contributed by atoms with Crippen LogP contribution in [0.3, 0.4) is 0 Å². The Kier molecular flexibility index (Phi) is 4.35. The first-order chi connectivity index (χ1) is 12.3. The van der Waals surface area contributed by atoms with Gasteiger partial charge in [-0.05, 0) is 30.3 Å². The molecule has 6 nitrogen and oxygen atoms in total. The summed E-state index contributed by atoms with van der Waals surface area (Å²) < 4.78 is 7.32. The molecule has 0 radical (unpaired) electrons. The topological polar surface area (TPSA) is 54.0 Å². The lowest BCUT2D eigenvalue weighted by Crippen LogP contribution is -2.47. The zero-order valence-electron chi connectivity index (χ0n) is 13.9. The summed E-state index contributed by atoms with van der Waals surface area (Å²) in [4.78, 5) is 20.9. The molecule has 1 fully saturated rings. The van der Waals surface area contributed by atoms with E-state index in [0.717, 1.165) is 38.4 Å². The van der Waals surface area contributed by atoms with Crippen molar-refractivity contribution >= 4 is 17.6 Å². The molecule has 6 heteroatoms. The van der Waals surface area contributed by atoms with Crippen LogP contribution in [0.1, 0.15) is 11.5 Å². The molecule has 0 bridgehead atoms. The number of carbonyl (C=O) groups is 1. The molecule has 1 aliphatic heterocycles. The van der Waals surface area contributed by atoms with Gasteiger partial charge in [-0.3, -0.25) is 9.69 Å². The van der Waals surface area contributed by atoms with E-state index in [1.807, 2.05) is 47.6 Å². The van der Waals surface area contributed by atoms with Crippen molar-refractivity contribution in [1.82, 2.24) is 19.2 Å². The highest BCUT2D eigenvalue weighted by Crippen LogP contribution is 2.12. The Hall–Kier alpha value is -2.86. The van der Waals surface area contributed by atoms with Crippen LogP contribution in [0.15, 0.2) is 59.5 Å². The van der Waals surface area contributed by atoms with Crippen LogP contribution in [0.4, 0.5) is 0 Å². The van der Waals surface area contributed by atoms with Gasteiger partial charge in [-0.25, -0.2) is 4.98 Å². The summed E-state index contributed by atoms with van der Waals surface area (Å²) in [6.07, 6.45) is 8.87. The molecule has 0 unspecified atom stereocenters. The zero-order valence-corrected chi connectivity index (χ0v) is 13.9. The van der Waals surface area contributed by atoms with Crippen LogP contribution in [0.25, 0.3) is 11.7 Å². The van der Waals surface area contributed by atoms with Crippen LogP contribution in [0, 0.1) is 0 Å². The minimum Gasteiger partial charge on any atom is -0.465 e. The number of piperazine rings is 1. The van der Waals surface area contributed by atoms with Crippen LogP contribution in [0.2, 0.25) is 0 Å². The first-order valence-corrected chi connectivity index (χ1v) is 8.43. The third kappa shape index (κ3) is 3.49. The van der Waals surface area contributed by atoms with Gasteiger partial charge in [-0.1, -0.05) is 6.07 Å². The van der Waals surface area contributed by atoms with Crippen LogP contribution >= 0.6 is 0 Å². The highest BCUT2D eigenvalue weighted by molar-refractivity contribution is 5.91. The standard InChI is InChI=1S/C19H20N4O2/c24-19(7-6-17-4-3-13-25-17)22-11-9-21(10-12-22)15-16-14-20-18-5-1-2-8-23(16)18/h1-8,13-14H,9-12,15H2/b7-6+. The van der Waals surface area contributed by atoms with E-state index in [2.05, 4.69) is 14.3 Å². The van der Waals surface area contributed by atoms with Gasteiger partial charge in [-0.15, -0.1) is 0 Å². The molecule has 0 aliphatic carbocycles. The Balaban J connectivity index is 1.33. The van der Waals surface area contributed by atoms with E-state index in [-0.39, 0.29) is 5.91 Å². The van der Waals surface area contributed by atoms with Crippen molar-refractivity contribution < 1.29 is 9.21 Å². The second kappa shape index (κ2) is 6.94. The lowest BCUT2D eigenvalue weighted by atomic mass is 10.2. The average molecular weight is 336 g/mol. The minimum atomic E-state index is 0.0332. The van der Waals surface area contributed by atoms with E-state index in [4.69, 9.17) is 4.42 Å². The molecule has 0 saturated carbocycles. The third-order valence-corrected chi connectivity index (χ3v) is 4.50. The normalized spacial score (nSPS) is 16.1. The summed E-state index contributed by atoms with van der Waals surface area (Å²) in [5, 5.41) is 0. The summed E-state index contributed by atoms with van der Waals surface area (Å²) in [6, 6.07) is 9.65. The Morgan fingerprint density at radius 2 is 2.04 bits per heavy atom. The monoisotopic (exact) mass is 336 g/mol. The third-order valence-electron chi connectivity index (χ3n) is 4.50. The first-order valence-electron chi connectivity index (χ1n) is 8.43. The summed E-state index contributed by atoms with van der Waals surface area (Å²) in [5.41, 5.74) is 2.14. The van der Waals surface area contributed by atoms with Gasteiger partial charge in [0.1, 0.15) is 11.4 Å². The van der Waals surface area contributed by atoms with E-state index in [0.29, 0.717) is 5.76 Å². The van der Waals surface area contributed by atoms with E-state index >= 15 is 0 Å². The van der Waals surface area contributed by atoms with Gasteiger partial charge in [0, 0.05) is 45.0 Å². The van der Waals surface area contributed by atoms with E-state index in [1.54, 1.807) is 18.4 Å². The van der Waals surface area contributed by atoms with Crippen molar-refractivity contribution in [2.45, 2.75) is 6.54 Å². The first kappa shape index (κ1) is 15.7. The minimum absolute atomic E-state index is 0.0332. The number of imidazole rings is 1. The molecule has 1 amide bonds. The summed E-state index contributed by atoms with van der Waals surface area (Å²) in [5.74, 6) is 0.727. The second-order valence-electron chi connectivity index (χ2n) is 6.13. The van der Waals surface area contributed by atoms with Crippen molar-refractivity contribution in [2.24, 2.45) is 0 Å².